The molecule has 128 valence electrons. The minimum Gasteiger partial charge on any atom is -0.298 e. The number of pyridine rings is 1. The van der Waals surface area contributed by atoms with E-state index in [-0.39, 0.29) is 5.91 Å². The molecule has 1 aromatic carbocycles. The average Bonchev–Trinajstić information content (AvgIpc) is 3.09. The minimum atomic E-state index is -0.191. The standard InChI is InChI=1S/C20H21N3OS/c1-3-4-5-15-7-10-16(11-8-15)18-13-25-20(22-18)23-19(24)17-9-6-14(2)21-12-17/h6-13H,3-5H2,1-2H3,(H,22,23,24). The molecule has 0 saturated heterocycles. The van der Waals surface area contributed by atoms with E-state index in [1.54, 1.807) is 12.3 Å². The largest absolute Gasteiger partial charge is 0.298 e. The van der Waals surface area contributed by atoms with E-state index in [0.717, 1.165) is 23.4 Å². The number of anilines is 1. The number of rotatable bonds is 6. The topological polar surface area (TPSA) is 54.9 Å². The Kier molecular flexibility index (Phi) is 5.56. The number of benzene rings is 1. The second-order valence-corrected chi connectivity index (χ2v) is 6.84. The predicted octanol–water partition coefficient (Wildman–Crippen LogP) is 5.11. The normalized spacial score (nSPS) is 10.6. The van der Waals surface area contributed by atoms with Crippen LogP contribution in [0.3, 0.4) is 0 Å². The number of hydrogen-bond acceptors (Lipinski definition) is 4. The van der Waals surface area contributed by atoms with E-state index in [4.69, 9.17) is 0 Å². The highest BCUT2D eigenvalue weighted by molar-refractivity contribution is 7.14. The third-order valence-electron chi connectivity index (χ3n) is 3.97. The van der Waals surface area contributed by atoms with E-state index in [2.05, 4.69) is 46.5 Å². The first-order valence-electron chi connectivity index (χ1n) is 8.44. The van der Waals surface area contributed by atoms with Gasteiger partial charge in [-0.15, -0.1) is 11.3 Å². The Balaban J connectivity index is 1.67. The Bertz CT molecular complexity index is 838. The maximum absolute atomic E-state index is 12.2. The van der Waals surface area contributed by atoms with Crippen LogP contribution in [0.5, 0.6) is 0 Å². The van der Waals surface area contributed by atoms with E-state index < -0.39 is 0 Å². The van der Waals surface area contributed by atoms with Crippen LogP contribution < -0.4 is 5.32 Å². The molecule has 2 aromatic heterocycles. The summed E-state index contributed by atoms with van der Waals surface area (Å²) >= 11 is 1.43. The van der Waals surface area contributed by atoms with Gasteiger partial charge in [0.1, 0.15) is 0 Å². The van der Waals surface area contributed by atoms with Crippen molar-refractivity contribution in [3.05, 3.63) is 64.8 Å². The smallest absolute Gasteiger partial charge is 0.259 e. The van der Waals surface area contributed by atoms with Crippen LogP contribution in [0.25, 0.3) is 11.3 Å². The summed E-state index contributed by atoms with van der Waals surface area (Å²) in [6.45, 7) is 4.09. The molecule has 0 saturated carbocycles. The number of aryl methyl sites for hydroxylation is 2. The highest BCUT2D eigenvalue weighted by Crippen LogP contribution is 2.25. The van der Waals surface area contributed by atoms with Crippen molar-refractivity contribution in [2.45, 2.75) is 33.1 Å². The van der Waals surface area contributed by atoms with Gasteiger partial charge < -0.3 is 0 Å². The van der Waals surface area contributed by atoms with Crippen molar-refractivity contribution >= 4 is 22.4 Å². The van der Waals surface area contributed by atoms with E-state index in [0.29, 0.717) is 10.7 Å². The third-order valence-corrected chi connectivity index (χ3v) is 4.72. The van der Waals surface area contributed by atoms with Gasteiger partial charge in [0.25, 0.3) is 5.91 Å². The number of carbonyl (C=O) groups excluding carboxylic acids is 1. The molecule has 1 N–H and O–H groups in total. The van der Waals surface area contributed by atoms with E-state index in [9.17, 15) is 4.79 Å². The van der Waals surface area contributed by atoms with Crippen molar-refractivity contribution in [3.8, 4) is 11.3 Å². The van der Waals surface area contributed by atoms with Gasteiger partial charge >= 0.3 is 0 Å². The maximum Gasteiger partial charge on any atom is 0.259 e. The lowest BCUT2D eigenvalue weighted by molar-refractivity contribution is 0.102. The van der Waals surface area contributed by atoms with Gasteiger partial charge in [-0.05, 0) is 37.5 Å². The lowest BCUT2D eigenvalue weighted by Gasteiger charge is -2.02. The van der Waals surface area contributed by atoms with Crippen molar-refractivity contribution in [1.29, 1.82) is 0 Å². The van der Waals surface area contributed by atoms with Gasteiger partial charge in [0, 0.05) is 22.8 Å². The Morgan fingerprint density at radius 1 is 1.16 bits per heavy atom. The summed E-state index contributed by atoms with van der Waals surface area (Å²) in [7, 11) is 0. The second-order valence-electron chi connectivity index (χ2n) is 5.98. The Hall–Kier alpha value is -2.53. The summed E-state index contributed by atoms with van der Waals surface area (Å²) in [5, 5.41) is 5.39. The number of thiazole rings is 1. The molecule has 0 aliphatic heterocycles. The van der Waals surface area contributed by atoms with Gasteiger partial charge in [-0.25, -0.2) is 4.98 Å². The molecule has 0 bridgehead atoms. The molecule has 0 aliphatic rings. The van der Waals surface area contributed by atoms with E-state index in [1.807, 2.05) is 18.4 Å². The van der Waals surface area contributed by atoms with Crippen molar-refractivity contribution in [2.24, 2.45) is 0 Å². The highest BCUT2D eigenvalue weighted by Gasteiger charge is 2.10. The lowest BCUT2D eigenvalue weighted by Crippen LogP contribution is -2.12. The zero-order chi connectivity index (χ0) is 17.6. The van der Waals surface area contributed by atoms with Gasteiger partial charge in [-0.3, -0.25) is 15.1 Å². The number of carbonyl (C=O) groups is 1. The molecule has 1 amide bonds. The lowest BCUT2D eigenvalue weighted by atomic mass is 10.1. The minimum absolute atomic E-state index is 0.191. The van der Waals surface area contributed by atoms with Gasteiger partial charge in [0.05, 0.1) is 11.3 Å². The van der Waals surface area contributed by atoms with Crippen molar-refractivity contribution < 1.29 is 4.79 Å². The summed E-state index contributed by atoms with van der Waals surface area (Å²) in [6, 6.07) is 12.1. The summed E-state index contributed by atoms with van der Waals surface area (Å²) < 4.78 is 0. The van der Waals surface area contributed by atoms with Crippen LogP contribution in [0.4, 0.5) is 5.13 Å². The number of amides is 1. The molecule has 3 rings (SSSR count). The molecule has 4 nitrogen and oxygen atoms in total. The van der Waals surface area contributed by atoms with Crippen LogP contribution in [0.1, 0.15) is 41.4 Å². The molecule has 5 heteroatoms. The number of nitrogens with one attached hydrogen (secondary N) is 1. The first-order chi connectivity index (χ1) is 12.2. The molecular weight excluding hydrogens is 330 g/mol. The van der Waals surface area contributed by atoms with Gasteiger partial charge in [-0.2, -0.15) is 0 Å². The van der Waals surface area contributed by atoms with Crippen LogP contribution in [0, 0.1) is 6.92 Å². The Morgan fingerprint density at radius 2 is 1.96 bits per heavy atom. The Morgan fingerprint density at radius 3 is 2.64 bits per heavy atom. The zero-order valence-electron chi connectivity index (χ0n) is 14.5. The van der Waals surface area contributed by atoms with Crippen molar-refractivity contribution in [3.63, 3.8) is 0 Å². The zero-order valence-corrected chi connectivity index (χ0v) is 15.3. The summed E-state index contributed by atoms with van der Waals surface area (Å²) in [5.41, 5.74) is 4.71. The molecule has 0 atom stereocenters. The van der Waals surface area contributed by atoms with Crippen molar-refractivity contribution in [1.82, 2.24) is 9.97 Å². The van der Waals surface area contributed by atoms with Gasteiger partial charge in [-0.1, -0.05) is 37.6 Å². The quantitative estimate of drug-likeness (QED) is 0.671. The first-order valence-corrected chi connectivity index (χ1v) is 9.32. The molecule has 0 aliphatic carbocycles. The number of hydrogen-bond donors (Lipinski definition) is 1. The van der Waals surface area contributed by atoms with Crippen LogP contribution in [0.2, 0.25) is 0 Å². The Labute approximate surface area is 152 Å². The molecule has 0 unspecified atom stereocenters. The van der Waals surface area contributed by atoms with Crippen LogP contribution in [0.15, 0.2) is 48.0 Å². The summed E-state index contributed by atoms with van der Waals surface area (Å²) in [6.07, 6.45) is 5.10. The number of aromatic nitrogens is 2. The SMILES string of the molecule is CCCCc1ccc(-c2csc(NC(=O)c3ccc(C)nc3)n2)cc1. The summed E-state index contributed by atoms with van der Waals surface area (Å²) in [4.78, 5) is 20.9. The maximum atomic E-state index is 12.2. The molecule has 0 fully saturated rings. The van der Waals surface area contributed by atoms with Gasteiger partial charge in [0.15, 0.2) is 5.13 Å². The van der Waals surface area contributed by atoms with Crippen LogP contribution in [-0.2, 0) is 6.42 Å². The fraction of sp³-hybridized carbons (Fsp3) is 0.250. The van der Waals surface area contributed by atoms with Crippen LogP contribution >= 0.6 is 11.3 Å². The summed E-state index contributed by atoms with van der Waals surface area (Å²) in [5.74, 6) is -0.191. The molecule has 25 heavy (non-hydrogen) atoms. The molecular formula is C20H21N3OS. The molecule has 0 spiro atoms. The molecule has 0 radical (unpaired) electrons. The predicted molar refractivity (Wildman–Crippen MR) is 103 cm³/mol. The average molecular weight is 351 g/mol. The fourth-order valence-corrected chi connectivity index (χ4v) is 3.17. The number of nitrogens with zero attached hydrogens (tertiary/aromatic N) is 2. The second kappa shape index (κ2) is 8.03. The van der Waals surface area contributed by atoms with E-state index in [1.165, 1.54) is 29.7 Å². The van der Waals surface area contributed by atoms with Gasteiger partial charge in [0.2, 0.25) is 0 Å². The van der Waals surface area contributed by atoms with Crippen LogP contribution in [-0.4, -0.2) is 15.9 Å². The fourth-order valence-electron chi connectivity index (χ4n) is 2.46. The third kappa shape index (κ3) is 4.51. The first kappa shape index (κ1) is 17.3. The number of unbranched alkanes of at least 4 members (excludes halogenated alkanes) is 1. The molecule has 3 aromatic rings. The van der Waals surface area contributed by atoms with Crippen molar-refractivity contribution in [2.75, 3.05) is 5.32 Å². The highest BCUT2D eigenvalue weighted by atomic mass is 32.1. The monoisotopic (exact) mass is 351 g/mol. The van der Waals surface area contributed by atoms with E-state index >= 15 is 0 Å². The molecule has 2 heterocycles.